The molecule has 0 saturated heterocycles. The summed E-state index contributed by atoms with van der Waals surface area (Å²) in [5, 5.41) is 0. The lowest BCUT2D eigenvalue weighted by Crippen LogP contribution is -2.26. The quantitative estimate of drug-likeness (QED) is 0.0848. The maximum absolute atomic E-state index is 6.43. The van der Waals surface area contributed by atoms with E-state index in [9.17, 15) is 0 Å². The highest BCUT2D eigenvalue weighted by Crippen LogP contribution is 2.55. The number of nitrogen functional groups attached to an aromatic ring is 2. The van der Waals surface area contributed by atoms with Crippen LogP contribution in [-0.4, -0.2) is 0 Å². The number of rotatable bonds is 26. The van der Waals surface area contributed by atoms with Crippen LogP contribution in [0.5, 0.6) is 0 Å². The van der Waals surface area contributed by atoms with Crippen molar-refractivity contribution in [2.24, 2.45) is 0 Å². The van der Waals surface area contributed by atoms with Gasteiger partial charge in [0.1, 0.15) is 0 Å². The number of hydrogen-bond donors (Lipinski definition) is 2. The van der Waals surface area contributed by atoms with Gasteiger partial charge in [-0.2, -0.15) is 0 Å². The molecule has 43 heavy (non-hydrogen) atoms. The maximum atomic E-state index is 6.43. The Morgan fingerprint density at radius 2 is 0.674 bits per heavy atom. The summed E-state index contributed by atoms with van der Waals surface area (Å²) in [6.45, 7) is 4.60. The second kappa shape index (κ2) is 20.9. The van der Waals surface area contributed by atoms with Crippen molar-refractivity contribution in [3.05, 3.63) is 47.5 Å². The molecule has 1 aliphatic carbocycles. The molecule has 4 N–H and O–H groups in total. The second-order valence-electron chi connectivity index (χ2n) is 14.0. The third-order valence-corrected chi connectivity index (χ3v) is 10.3. The highest BCUT2D eigenvalue weighted by atomic mass is 14.6. The van der Waals surface area contributed by atoms with E-state index in [0.29, 0.717) is 0 Å². The number of nitrogens with two attached hydrogens (primary N) is 2. The van der Waals surface area contributed by atoms with Crippen LogP contribution in [0.1, 0.15) is 192 Å². The maximum Gasteiger partial charge on any atom is 0.0317 e. The number of hydrogen-bond acceptors (Lipinski definition) is 2. The van der Waals surface area contributed by atoms with Crippen LogP contribution >= 0.6 is 0 Å². The van der Waals surface area contributed by atoms with Gasteiger partial charge < -0.3 is 11.5 Å². The molecule has 2 aromatic carbocycles. The van der Waals surface area contributed by atoms with Gasteiger partial charge in [-0.3, -0.25) is 0 Å². The van der Waals surface area contributed by atoms with Gasteiger partial charge in [0, 0.05) is 16.8 Å². The first-order chi connectivity index (χ1) is 21.1. The first-order valence-corrected chi connectivity index (χ1v) is 18.9. The van der Waals surface area contributed by atoms with Gasteiger partial charge in [-0.15, -0.1) is 0 Å². The van der Waals surface area contributed by atoms with Crippen LogP contribution < -0.4 is 11.5 Å². The van der Waals surface area contributed by atoms with Crippen LogP contribution in [0.25, 0.3) is 11.1 Å². The van der Waals surface area contributed by atoms with Crippen LogP contribution in [0.15, 0.2) is 36.4 Å². The lowest BCUT2D eigenvalue weighted by atomic mass is 9.70. The summed E-state index contributed by atoms with van der Waals surface area (Å²) in [6.07, 6.45) is 35.9. The molecule has 0 radical (unpaired) electrons. The average molecular weight is 589 g/mol. The Balaban J connectivity index is 1.50. The number of benzene rings is 2. The van der Waals surface area contributed by atoms with Gasteiger partial charge in [-0.25, -0.2) is 0 Å². The fourth-order valence-electron chi connectivity index (χ4n) is 7.73. The molecule has 1 aliphatic rings. The second-order valence-corrected chi connectivity index (χ2v) is 14.0. The van der Waals surface area contributed by atoms with Crippen molar-refractivity contribution >= 4 is 11.4 Å². The molecule has 2 aromatic rings. The Hall–Kier alpha value is -1.96. The van der Waals surface area contributed by atoms with Gasteiger partial charge in [0.05, 0.1) is 0 Å². The predicted molar refractivity (Wildman–Crippen MR) is 193 cm³/mol. The van der Waals surface area contributed by atoms with Crippen molar-refractivity contribution < 1.29 is 0 Å². The molecule has 0 aliphatic heterocycles. The molecule has 0 heterocycles. The van der Waals surface area contributed by atoms with Crippen LogP contribution in [0.3, 0.4) is 0 Å². The van der Waals surface area contributed by atoms with Gasteiger partial charge in [0.25, 0.3) is 0 Å². The average Bonchev–Trinajstić information content (AvgIpc) is 3.26. The molecule has 2 heteroatoms. The van der Waals surface area contributed by atoms with Crippen LogP contribution in [0, 0.1) is 0 Å². The molecule has 0 bridgehead atoms. The molecule has 0 unspecified atom stereocenters. The largest absolute Gasteiger partial charge is 0.399 e. The minimum absolute atomic E-state index is 0.0619. The van der Waals surface area contributed by atoms with E-state index in [0.717, 1.165) is 11.4 Å². The number of fused-ring (bicyclic) bond motifs is 3. The van der Waals surface area contributed by atoms with Crippen LogP contribution in [0.4, 0.5) is 11.4 Å². The summed E-state index contributed by atoms with van der Waals surface area (Å²) in [5.41, 5.74) is 20.4. The zero-order chi connectivity index (χ0) is 30.6. The molecule has 242 valence electrons. The smallest absolute Gasteiger partial charge is 0.0317 e. The molecule has 0 amide bonds. The summed E-state index contributed by atoms with van der Waals surface area (Å²) in [7, 11) is 0. The normalized spacial score (nSPS) is 13.3. The summed E-state index contributed by atoms with van der Waals surface area (Å²) >= 11 is 0. The molecular weight excluding hydrogens is 520 g/mol. The zero-order valence-corrected chi connectivity index (χ0v) is 28.5. The molecule has 3 rings (SSSR count). The first-order valence-electron chi connectivity index (χ1n) is 18.9. The van der Waals surface area contributed by atoms with E-state index in [1.54, 1.807) is 0 Å². The van der Waals surface area contributed by atoms with Gasteiger partial charge in [0.15, 0.2) is 0 Å². The van der Waals surface area contributed by atoms with Crippen molar-refractivity contribution in [2.75, 3.05) is 11.5 Å². The lowest BCUT2D eigenvalue weighted by molar-refractivity contribution is 0.397. The first kappa shape index (κ1) is 35.5. The Labute approximate surface area is 267 Å². The fraction of sp³-hybridized carbons (Fsp3) is 0.707. The molecule has 2 nitrogen and oxygen atoms in total. The van der Waals surface area contributed by atoms with Crippen molar-refractivity contribution in [1.82, 2.24) is 0 Å². The molecule has 0 saturated carbocycles. The predicted octanol–water partition coefficient (Wildman–Crippen LogP) is 13.3. The fourth-order valence-corrected chi connectivity index (χ4v) is 7.73. The molecule has 0 fully saturated rings. The van der Waals surface area contributed by atoms with Gasteiger partial charge in [-0.05, 0) is 59.4 Å². The van der Waals surface area contributed by atoms with E-state index in [2.05, 4.69) is 50.2 Å². The topological polar surface area (TPSA) is 52.0 Å². The summed E-state index contributed by atoms with van der Waals surface area (Å²) in [6, 6.07) is 13.3. The third-order valence-electron chi connectivity index (χ3n) is 10.3. The van der Waals surface area contributed by atoms with Gasteiger partial charge in [0.2, 0.25) is 0 Å². The Bertz CT molecular complexity index is 927. The van der Waals surface area contributed by atoms with Gasteiger partial charge in [-0.1, -0.05) is 180 Å². The van der Waals surface area contributed by atoms with Crippen LogP contribution in [0.2, 0.25) is 0 Å². The zero-order valence-electron chi connectivity index (χ0n) is 28.5. The van der Waals surface area contributed by atoms with Crippen molar-refractivity contribution in [3.63, 3.8) is 0 Å². The van der Waals surface area contributed by atoms with E-state index in [-0.39, 0.29) is 5.41 Å². The highest BCUT2D eigenvalue weighted by Gasteiger charge is 2.42. The molecule has 0 spiro atoms. The Morgan fingerprint density at radius 1 is 0.395 bits per heavy atom. The lowest BCUT2D eigenvalue weighted by Gasteiger charge is -2.33. The van der Waals surface area contributed by atoms with Crippen molar-refractivity contribution in [1.29, 1.82) is 0 Å². The Kier molecular flexibility index (Phi) is 17.3. The molecular formula is C41H68N2. The minimum atomic E-state index is 0.0619. The summed E-state index contributed by atoms with van der Waals surface area (Å²) in [5.74, 6) is 0. The van der Waals surface area contributed by atoms with E-state index < -0.39 is 0 Å². The highest BCUT2D eigenvalue weighted by molar-refractivity contribution is 5.83. The van der Waals surface area contributed by atoms with Crippen LogP contribution in [-0.2, 0) is 5.41 Å². The Morgan fingerprint density at radius 3 is 0.977 bits per heavy atom. The number of anilines is 2. The van der Waals surface area contributed by atoms with Crippen molar-refractivity contribution in [3.8, 4) is 11.1 Å². The van der Waals surface area contributed by atoms with E-state index in [1.807, 2.05) is 0 Å². The SMILES string of the molecule is CCCCCCCCCCCCCCC1(CCCCCCCCCCCCCC)c2cc(N)ccc2-c2ccc(N)cc21. The third kappa shape index (κ3) is 11.8. The van der Waals surface area contributed by atoms with E-state index in [1.165, 1.54) is 189 Å². The summed E-state index contributed by atoms with van der Waals surface area (Å²) < 4.78 is 0. The number of unbranched alkanes of at least 4 members (excludes halogenated alkanes) is 22. The molecule has 0 aromatic heterocycles. The monoisotopic (exact) mass is 589 g/mol. The summed E-state index contributed by atoms with van der Waals surface area (Å²) in [4.78, 5) is 0. The molecule has 0 atom stereocenters. The standard InChI is InChI=1S/C41H68N2/c1-3-5-7-9-11-13-15-17-19-21-23-25-31-41(32-26-24-22-20-18-16-14-12-10-8-6-4-2)39-33-35(42)27-29-37(39)38-30-28-36(43)34-40(38)41/h27-30,33-34H,3-26,31-32,42-43H2,1-2H3. The van der Waals surface area contributed by atoms with E-state index in [4.69, 9.17) is 11.5 Å². The van der Waals surface area contributed by atoms with Crippen molar-refractivity contribution in [2.45, 2.75) is 186 Å². The van der Waals surface area contributed by atoms with Gasteiger partial charge >= 0.3 is 0 Å². The van der Waals surface area contributed by atoms with E-state index >= 15 is 0 Å². The minimum Gasteiger partial charge on any atom is -0.399 e.